The largest absolute Gasteiger partial charge is 0.459 e. The molecule has 0 bridgehead atoms. The van der Waals surface area contributed by atoms with Crippen LogP contribution in [0.1, 0.15) is 39.3 Å². The standard InChI is InChI=1S/C24H28N4O3S/c1-5-28-16(4)20(22(29)31-15(2)3)21(27-24(28)32)17-10-9-13-19(14-17)26-23(30)25-18-11-7-6-8-12-18/h6-15,21H,5H2,1-4H3,(H,27,32)(H2,25,26,30). The molecule has 32 heavy (non-hydrogen) atoms. The topological polar surface area (TPSA) is 82.7 Å². The number of benzene rings is 2. The molecule has 1 unspecified atom stereocenters. The van der Waals surface area contributed by atoms with Gasteiger partial charge in [0.05, 0.1) is 17.7 Å². The van der Waals surface area contributed by atoms with Crippen molar-refractivity contribution in [1.29, 1.82) is 0 Å². The third-order valence-corrected chi connectivity index (χ3v) is 5.32. The van der Waals surface area contributed by atoms with Gasteiger partial charge in [-0.1, -0.05) is 30.3 Å². The predicted molar refractivity (Wildman–Crippen MR) is 130 cm³/mol. The van der Waals surface area contributed by atoms with Crippen LogP contribution in [0.4, 0.5) is 16.2 Å². The van der Waals surface area contributed by atoms with E-state index in [1.165, 1.54) is 0 Å². The highest BCUT2D eigenvalue weighted by atomic mass is 32.1. The van der Waals surface area contributed by atoms with Crippen molar-refractivity contribution in [2.45, 2.75) is 39.8 Å². The first kappa shape index (κ1) is 23.3. The molecule has 0 saturated heterocycles. The molecule has 2 amide bonds. The molecular weight excluding hydrogens is 424 g/mol. The van der Waals surface area contributed by atoms with E-state index in [2.05, 4.69) is 16.0 Å². The number of hydrogen-bond acceptors (Lipinski definition) is 4. The van der Waals surface area contributed by atoms with E-state index in [0.717, 1.165) is 11.3 Å². The summed E-state index contributed by atoms with van der Waals surface area (Å²) in [6.45, 7) is 8.10. The van der Waals surface area contributed by atoms with Gasteiger partial charge in [-0.15, -0.1) is 0 Å². The van der Waals surface area contributed by atoms with Crippen LogP contribution >= 0.6 is 12.2 Å². The van der Waals surface area contributed by atoms with Crippen molar-refractivity contribution >= 4 is 40.7 Å². The number of para-hydroxylation sites is 1. The smallest absolute Gasteiger partial charge is 0.338 e. The third kappa shape index (κ3) is 5.45. The van der Waals surface area contributed by atoms with Gasteiger partial charge >= 0.3 is 12.0 Å². The Kier molecular flexibility index (Phi) is 7.48. The van der Waals surface area contributed by atoms with Crippen LogP contribution in [0.5, 0.6) is 0 Å². The summed E-state index contributed by atoms with van der Waals surface area (Å²) in [5.41, 5.74) is 3.33. The van der Waals surface area contributed by atoms with Gasteiger partial charge in [0, 0.05) is 23.6 Å². The number of anilines is 2. The Bertz CT molecular complexity index is 1040. The van der Waals surface area contributed by atoms with Gasteiger partial charge in [0.15, 0.2) is 5.11 Å². The minimum absolute atomic E-state index is 0.248. The molecule has 1 atom stereocenters. The second kappa shape index (κ2) is 10.3. The number of thiocarbonyl (C=S) groups is 1. The van der Waals surface area contributed by atoms with E-state index >= 15 is 0 Å². The second-order valence-electron chi connectivity index (χ2n) is 7.65. The average Bonchev–Trinajstić information content (AvgIpc) is 2.73. The maximum atomic E-state index is 13.0. The van der Waals surface area contributed by atoms with Crippen LogP contribution in [-0.2, 0) is 9.53 Å². The highest BCUT2D eigenvalue weighted by molar-refractivity contribution is 7.80. The van der Waals surface area contributed by atoms with E-state index in [0.29, 0.717) is 28.6 Å². The van der Waals surface area contributed by atoms with Gasteiger partial charge < -0.3 is 25.6 Å². The molecule has 0 aromatic heterocycles. The van der Waals surface area contributed by atoms with E-state index in [1.54, 1.807) is 6.07 Å². The van der Waals surface area contributed by atoms with E-state index in [4.69, 9.17) is 17.0 Å². The van der Waals surface area contributed by atoms with Crippen LogP contribution in [0.3, 0.4) is 0 Å². The summed E-state index contributed by atoms with van der Waals surface area (Å²) in [7, 11) is 0. The fourth-order valence-corrected chi connectivity index (χ4v) is 3.95. The number of nitrogens with zero attached hydrogens (tertiary/aromatic N) is 1. The molecule has 2 aromatic carbocycles. The van der Waals surface area contributed by atoms with Crippen molar-refractivity contribution in [2.75, 3.05) is 17.2 Å². The lowest BCUT2D eigenvalue weighted by atomic mass is 9.94. The summed E-state index contributed by atoms with van der Waals surface area (Å²) in [5, 5.41) is 9.42. The zero-order chi connectivity index (χ0) is 23.3. The molecule has 0 radical (unpaired) electrons. The first-order valence-electron chi connectivity index (χ1n) is 10.5. The summed E-state index contributed by atoms with van der Waals surface area (Å²) in [5.74, 6) is -0.392. The van der Waals surface area contributed by atoms with E-state index in [9.17, 15) is 9.59 Å². The summed E-state index contributed by atoms with van der Waals surface area (Å²) in [6, 6.07) is 15.7. The monoisotopic (exact) mass is 452 g/mol. The van der Waals surface area contributed by atoms with Gasteiger partial charge in [-0.25, -0.2) is 9.59 Å². The molecule has 1 heterocycles. The Balaban J connectivity index is 1.88. The van der Waals surface area contributed by atoms with Crippen molar-refractivity contribution in [2.24, 2.45) is 0 Å². The second-order valence-corrected chi connectivity index (χ2v) is 8.04. The number of ether oxygens (including phenoxy) is 1. The number of amides is 2. The Labute approximate surface area is 193 Å². The maximum absolute atomic E-state index is 13.0. The SMILES string of the molecule is CCN1C(=S)NC(c2cccc(NC(=O)Nc3ccccc3)c2)C(C(=O)OC(C)C)=C1C. The molecule has 8 heteroatoms. The summed E-state index contributed by atoms with van der Waals surface area (Å²) < 4.78 is 5.51. The highest BCUT2D eigenvalue weighted by Gasteiger charge is 2.34. The molecule has 1 aliphatic heterocycles. The van der Waals surface area contributed by atoms with Crippen LogP contribution in [0.25, 0.3) is 0 Å². The Hall–Kier alpha value is -3.39. The molecule has 0 fully saturated rings. The molecule has 168 valence electrons. The molecule has 3 N–H and O–H groups in total. The minimum Gasteiger partial charge on any atom is -0.459 e. The Morgan fingerprint density at radius 2 is 1.75 bits per heavy atom. The predicted octanol–water partition coefficient (Wildman–Crippen LogP) is 4.81. The Morgan fingerprint density at radius 1 is 1.09 bits per heavy atom. The van der Waals surface area contributed by atoms with Gasteiger partial charge in [-0.05, 0) is 69.7 Å². The highest BCUT2D eigenvalue weighted by Crippen LogP contribution is 2.32. The number of allylic oxidation sites excluding steroid dienone is 1. The number of nitrogens with one attached hydrogen (secondary N) is 3. The number of rotatable bonds is 6. The van der Waals surface area contributed by atoms with Crippen LogP contribution in [0.2, 0.25) is 0 Å². The lowest BCUT2D eigenvalue weighted by Gasteiger charge is -2.37. The molecule has 0 saturated carbocycles. The van der Waals surface area contributed by atoms with Crippen molar-refractivity contribution in [3.8, 4) is 0 Å². The fraction of sp³-hybridized carbons (Fsp3) is 0.292. The molecular formula is C24H28N4O3S. The lowest BCUT2D eigenvalue weighted by Crippen LogP contribution is -2.47. The fourth-order valence-electron chi connectivity index (χ4n) is 3.56. The normalized spacial score (nSPS) is 16.0. The van der Waals surface area contributed by atoms with Crippen LogP contribution < -0.4 is 16.0 Å². The molecule has 2 aromatic rings. The maximum Gasteiger partial charge on any atom is 0.338 e. The number of carbonyl (C=O) groups excluding carboxylic acids is 2. The van der Waals surface area contributed by atoms with Crippen molar-refractivity contribution in [3.63, 3.8) is 0 Å². The summed E-state index contributed by atoms with van der Waals surface area (Å²) in [4.78, 5) is 27.2. The molecule has 7 nitrogen and oxygen atoms in total. The van der Waals surface area contributed by atoms with Crippen LogP contribution in [0.15, 0.2) is 65.9 Å². The van der Waals surface area contributed by atoms with Crippen molar-refractivity contribution < 1.29 is 14.3 Å². The van der Waals surface area contributed by atoms with Gasteiger partial charge in [0.1, 0.15) is 0 Å². The van der Waals surface area contributed by atoms with Crippen LogP contribution in [0, 0.1) is 0 Å². The zero-order valence-corrected chi connectivity index (χ0v) is 19.5. The molecule has 1 aliphatic rings. The van der Waals surface area contributed by atoms with Crippen molar-refractivity contribution in [1.82, 2.24) is 10.2 Å². The summed E-state index contributed by atoms with van der Waals surface area (Å²) >= 11 is 5.53. The number of hydrogen-bond donors (Lipinski definition) is 3. The van der Waals surface area contributed by atoms with Gasteiger partial charge in [0.25, 0.3) is 0 Å². The molecule has 0 spiro atoms. The summed E-state index contributed by atoms with van der Waals surface area (Å²) in [6.07, 6.45) is -0.248. The average molecular weight is 453 g/mol. The number of carbonyl (C=O) groups is 2. The molecule has 0 aliphatic carbocycles. The van der Waals surface area contributed by atoms with Crippen molar-refractivity contribution in [3.05, 3.63) is 71.4 Å². The van der Waals surface area contributed by atoms with E-state index < -0.39 is 12.0 Å². The minimum atomic E-state index is -0.490. The number of urea groups is 1. The number of esters is 1. The van der Waals surface area contributed by atoms with Crippen LogP contribution in [-0.4, -0.2) is 34.7 Å². The van der Waals surface area contributed by atoms with Gasteiger partial charge in [-0.3, -0.25) is 0 Å². The van der Waals surface area contributed by atoms with E-state index in [-0.39, 0.29) is 12.1 Å². The quantitative estimate of drug-likeness (QED) is 0.431. The van der Waals surface area contributed by atoms with Gasteiger partial charge in [-0.2, -0.15) is 0 Å². The Morgan fingerprint density at radius 3 is 2.41 bits per heavy atom. The lowest BCUT2D eigenvalue weighted by molar-refractivity contribution is -0.143. The zero-order valence-electron chi connectivity index (χ0n) is 18.6. The first-order valence-corrected chi connectivity index (χ1v) is 10.9. The van der Waals surface area contributed by atoms with Gasteiger partial charge in [0.2, 0.25) is 0 Å². The van der Waals surface area contributed by atoms with E-state index in [1.807, 2.05) is 81.1 Å². The first-order chi connectivity index (χ1) is 15.3. The molecule has 3 rings (SSSR count). The third-order valence-electron chi connectivity index (χ3n) is 4.98.